The molecule has 6 heteroatoms. The Labute approximate surface area is 180 Å². The van der Waals surface area contributed by atoms with Crippen molar-refractivity contribution in [3.05, 3.63) is 35.6 Å². The highest BCUT2D eigenvalue weighted by Crippen LogP contribution is 2.26. The van der Waals surface area contributed by atoms with Crippen LogP contribution in [0.3, 0.4) is 0 Å². The van der Waals surface area contributed by atoms with Crippen molar-refractivity contribution >= 4 is 6.09 Å². The number of nitrogens with one attached hydrogen (secondary N) is 1. The van der Waals surface area contributed by atoms with Crippen molar-refractivity contribution in [1.82, 2.24) is 15.1 Å². The number of benzene rings is 1. The van der Waals surface area contributed by atoms with Crippen molar-refractivity contribution in [1.29, 1.82) is 0 Å². The summed E-state index contributed by atoms with van der Waals surface area (Å²) >= 11 is 0. The van der Waals surface area contributed by atoms with Gasteiger partial charge in [0.15, 0.2) is 0 Å². The number of hydrogen-bond acceptors (Lipinski definition) is 4. The molecule has 2 fully saturated rings. The molecule has 0 aromatic heterocycles. The van der Waals surface area contributed by atoms with Crippen LogP contribution in [0.2, 0.25) is 0 Å². The predicted molar refractivity (Wildman–Crippen MR) is 118 cm³/mol. The van der Waals surface area contributed by atoms with Gasteiger partial charge in [-0.3, -0.25) is 4.90 Å². The molecule has 0 spiro atoms. The lowest BCUT2D eigenvalue weighted by Gasteiger charge is -2.40. The van der Waals surface area contributed by atoms with E-state index in [4.69, 9.17) is 4.74 Å². The second-order valence-corrected chi connectivity index (χ2v) is 9.70. The summed E-state index contributed by atoms with van der Waals surface area (Å²) in [6, 6.07) is 7.05. The Morgan fingerprint density at radius 1 is 1.13 bits per heavy atom. The Bertz CT molecular complexity index is 677. The van der Waals surface area contributed by atoms with E-state index in [2.05, 4.69) is 10.2 Å². The maximum absolute atomic E-state index is 14.6. The molecule has 1 heterocycles. The first-order valence-corrected chi connectivity index (χ1v) is 11.5. The van der Waals surface area contributed by atoms with Crippen molar-refractivity contribution in [2.75, 3.05) is 39.3 Å². The molecule has 1 aliphatic heterocycles. The number of amides is 1. The van der Waals surface area contributed by atoms with E-state index >= 15 is 0 Å². The molecular formula is C24H38FN3O2. The zero-order valence-corrected chi connectivity index (χ0v) is 18.8. The monoisotopic (exact) mass is 419 g/mol. The lowest BCUT2D eigenvalue weighted by Crippen LogP contribution is -2.52. The van der Waals surface area contributed by atoms with Crippen LogP contribution in [0.25, 0.3) is 0 Å². The van der Waals surface area contributed by atoms with E-state index in [0.717, 1.165) is 24.6 Å². The molecule has 1 amide bonds. The quantitative estimate of drug-likeness (QED) is 0.733. The molecule has 1 atom stereocenters. The van der Waals surface area contributed by atoms with E-state index in [9.17, 15) is 9.18 Å². The van der Waals surface area contributed by atoms with Crippen LogP contribution in [-0.4, -0.2) is 60.8 Å². The fourth-order valence-electron chi connectivity index (χ4n) is 4.54. The van der Waals surface area contributed by atoms with Gasteiger partial charge in [0.05, 0.1) is 6.04 Å². The SMILES string of the molecule is CC(C)(C)OC(=O)N1CCN(C(CNCC2CCCCC2)c2ccccc2F)CC1. The van der Waals surface area contributed by atoms with Crippen LogP contribution in [0.5, 0.6) is 0 Å². The van der Waals surface area contributed by atoms with Gasteiger partial charge in [0.25, 0.3) is 0 Å². The van der Waals surface area contributed by atoms with Crippen LogP contribution >= 0.6 is 0 Å². The van der Waals surface area contributed by atoms with Crippen molar-refractivity contribution in [3.63, 3.8) is 0 Å². The molecule has 30 heavy (non-hydrogen) atoms. The smallest absolute Gasteiger partial charge is 0.410 e. The summed E-state index contributed by atoms with van der Waals surface area (Å²) in [6.07, 6.45) is 6.35. The summed E-state index contributed by atoms with van der Waals surface area (Å²) in [7, 11) is 0. The molecule has 0 radical (unpaired) electrons. The van der Waals surface area contributed by atoms with Gasteiger partial charge in [-0.25, -0.2) is 9.18 Å². The topological polar surface area (TPSA) is 44.8 Å². The molecule has 1 aromatic carbocycles. The van der Waals surface area contributed by atoms with E-state index in [1.165, 1.54) is 32.1 Å². The van der Waals surface area contributed by atoms with Gasteiger partial charge >= 0.3 is 6.09 Å². The first-order valence-electron chi connectivity index (χ1n) is 11.5. The zero-order valence-electron chi connectivity index (χ0n) is 18.8. The minimum Gasteiger partial charge on any atom is -0.444 e. The molecule has 0 bridgehead atoms. The van der Waals surface area contributed by atoms with E-state index < -0.39 is 5.60 Å². The number of rotatable bonds is 6. The third-order valence-corrected chi connectivity index (χ3v) is 6.17. The maximum atomic E-state index is 14.6. The second kappa shape index (κ2) is 10.6. The Morgan fingerprint density at radius 3 is 2.43 bits per heavy atom. The van der Waals surface area contributed by atoms with Crippen LogP contribution < -0.4 is 5.32 Å². The van der Waals surface area contributed by atoms with E-state index in [1.807, 2.05) is 32.9 Å². The van der Waals surface area contributed by atoms with Gasteiger partial charge in [-0.15, -0.1) is 0 Å². The summed E-state index contributed by atoms with van der Waals surface area (Å²) < 4.78 is 20.1. The number of piperazine rings is 1. The average Bonchev–Trinajstić information content (AvgIpc) is 2.72. The van der Waals surface area contributed by atoms with Gasteiger partial charge in [0.1, 0.15) is 11.4 Å². The van der Waals surface area contributed by atoms with Gasteiger partial charge in [-0.2, -0.15) is 0 Å². The minimum absolute atomic E-state index is 0.0319. The van der Waals surface area contributed by atoms with Gasteiger partial charge in [0.2, 0.25) is 0 Å². The molecule has 1 aliphatic carbocycles. The van der Waals surface area contributed by atoms with Crippen LogP contribution in [-0.2, 0) is 4.74 Å². The molecule has 1 N–H and O–H groups in total. The number of nitrogens with zero attached hydrogens (tertiary/aromatic N) is 2. The zero-order chi connectivity index (χ0) is 21.6. The summed E-state index contributed by atoms with van der Waals surface area (Å²) in [4.78, 5) is 16.4. The molecule has 3 rings (SSSR count). The van der Waals surface area contributed by atoms with Gasteiger partial charge < -0.3 is 15.0 Å². The van der Waals surface area contributed by atoms with Crippen molar-refractivity contribution in [3.8, 4) is 0 Å². The number of hydrogen-bond donors (Lipinski definition) is 1. The molecule has 1 unspecified atom stereocenters. The highest BCUT2D eigenvalue weighted by Gasteiger charge is 2.30. The lowest BCUT2D eigenvalue weighted by molar-refractivity contribution is 0.00996. The Hall–Kier alpha value is -1.66. The highest BCUT2D eigenvalue weighted by atomic mass is 19.1. The lowest BCUT2D eigenvalue weighted by atomic mass is 9.89. The van der Waals surface area contributed by atoms with E-state index in [1.54, 1.807) is 17.0 Å². The van der Waals surface area contributed by atoms with Gasteiger partial charge in [-0.1, -0.05) is 37.5 Å². The first-order chi connectivity index (χ1) is 14.3. The van der Waals surface area contributed by atoms with E-state index in [0.29, 0.717) is 26.2 Å². The molecule has 1 saturated carbocycles. The van der Waals surface area contributed by atoms with Crippen LogP contribution in [0.1, 0.15) is 64.5 Å². The summed E-state index contributed by atoms with van der Waals surface area (Å²) in [5.41, 5.74) is 0.242. The maximum Gasteiger partial charge on any atom is 0.410 e. The van der Waals surface area contributed by atoms with Gasteiger partial charge in [-0.05, 0) is 52.1 Å². The third kappa shape index (κ3) is 6.67. The molecule has 2 aliphatic rings. The largest absolute Gasteiger partial charge is 0.444 e. The fraction of sp³-hybridized carbons (Fsp3) is 0.708. The number of halogens is 1. The standard InChI is InChI=1S/C24H38FN3O2/c1-24(2,3)30-23(29)28-15-13-27(14-16-28)22(20-11-7-8-12-21(20)25)18-26-17-19-9-5-4-6-10-19/h7-8,11-12,19,22,26H,4-6,9-10,13-18H2,1-3H3. The average molecular weight is 420 g/mol. The van der Waals surface area contributed by atoms with E-state index in [-0.39, 0.29) is 18.0 Å². The first kappa shape index (κ1) is 23.0. The van der Waals surface area contributed by atoms with Crippen molar-refractivity contribution in [2.45, 2.75) is 64.5 Å². The highest BCUT2D eigenvalue weighted by molar-refractivity contribution is 5.68. The van der Waals surface area contributed by atoms with Gasteiger partial charge in [0, 0.05) is 38.3 Å². The second-order valence-electron chi connectivity index (χ2n) is 9.70. The predicted octanol–water partition coefficient (Wildman–Crippen LogP) is 4.59. The number of carbonyl (C=O) groups excluding carboxylic acids is 1. The van der Waals surface area contributed by atoms with Crippen molar-refractivity contribution < 1.29 is 13.9 Å². The molecular weight excluding hydrogens is 381 g/mol. The fourth-order valence-corrected chi connectivity index (χ4v) is 4.54. The molecule has 1 aromatic rings. The van der Waals surface area contributed by atoms with Crippen LogP contribution in [0.15, 0.2) is 24.3 Å². The number of carbonyl (C=O) groups is 1. The van der Waals surface area contributed by atoms with Crippen molar-refractivity contribution in [2.24, 2.45) is 5.92 Å². The minimum atomic E-state index is -0.493. The molecule has 168 valence electrons. The Balaban J connectivity index is 1.60. The summed E-state index contributed by atoms with van der Waals surface area (Å²) in [5, 5.41) is 3.63. The normalized spacial score (nSPS) is 20.2. The Kier molecular flexibility index (Phi) is 8.12. The Morgan fingerprint density at radius 2 is 1.80 bits per heavy atom. The summed E-state index contributed by atoms with van der Waals surface area (Å²) in [6.45, 7) is 10.00. The molecule has 5 nitrogen and oxygen atoms in total. The molecule has 1 saturated heterocycles. The third-order valence-electron chi connectivity index (χ3n) is 6.17. The summed E-state index contributed by atoms with van der Waals surface area (Å²) in [5.74, 6) is 0.584. The van der Waals surface area contributed by atoms with Crippen LogP contribution in [0.4, 0.5) is 9.18 Å². The van der Waals surface area contributed by atoms with Crippen LogP contribution in [0, 0.1) is 11.7 Å². The number of ether oxygens (including phenoxy) is 1.